The summed E-state index contributed by atoms with van der Waals surface area (Å²) in [6.07, 6.45) is 1.66. The third-order valence-electron chi connectivity index (χ3n) is 2.15. The number of rotatable bonds is 3. The van der Waals surface area contributed by atoms with Crippen molar-refractivity contribution in [3.8, 4) is 0 Å². The molecule has 1 unspecified atom stereocenters. The predicted octanol–water partition coefficient (Wildman–Crippen LogP) is 0.437. The molecule has 0 aromatic carbocycles. The minimum Gasteiger partial charge on any atom is -0.371 e. The molecule has 14 heavy (non-hydrogen) atoms. The second-order valence-electron chi connectivity index (χ2n) is 3.78. The highest BCUT2D eigenvalue weighted by atomic mass is 16.3. The Labute approximate surface area is 83.1 Å². The van der Waals surface area contributed by atoms with Crippen LogP contribution in [-0.2, 0) is 4.79 Å². The molecule has 0 aliphatic carbocycles. The Bertz CT molecular complexity index is 230. The molecule has 1 heterocycles. The molecule has 1 saturated heterocycles. The maximum Gasteiger partial charge on any atom is 0.326 e. The van der Waals surface area contributed by atoms with Gasteiger partial charge in [-0.05, 0) is 13.3 Å². The number of urea groups is 1. The van der Waals surface area contributed by atoms with Gasteiger partial charge in [0.2, 0.25) is 5.91 Å². The van der Waals surface area contributed by atoms with Gasteiger partial charge in [-0.15, -0.1) is 0 Å². The number of carbonyl (C=O) groups is 2. The van der Waals surface area contributed by atoms with Crippen LogP contribution >= 0.6 is 0 Å². The number of imide groups is 1. The van der Waals surface area contributed by atoms with E-state index in [1.54, 1.807) is 0 Å². The Morgan fingerprint density at radius 3 is 2.71 bits per heavy atom. The SMILES string of the molecule is CCCCN1C(=O)CC(C)(O)NC1=O. The van der Waals surface area contributed by atoms with Crippen molar-refractivity contribution in [1.29, 1.82) is 0 Å². The minimum absolute atomic E-state index is 0.0531. The summed E-state index contributed by atoms with van der Waals surface area (Å²) in [5.74, 6) is -0.313. The van der Waals surface area contributed by atoms with E-state index >= 15 is 0 Å². The number of unbranched alkanes of at least 4 members (excludes halogenated alkanes) is 1. The molecule has 80 valence electrons. The first-order valence-electron chi connectivity index (χ1n) is 4.81. The molecular formula is C9H16N2O3. The van der Waals surface area contributed by atoms with E-state index in [0.717, 1.165) is 17.7 Å². The highest BCUT2D eigenvalue weighted by Gasteiger charge is 2.37. The Morgan fingerprint density at radius 2 is 2.21 bits per heavy atom. The van der Waals surface area contributed by atoms with E-state index in [1.807, 2.05) is 6.92 Å². The lowest BCUT2D eigenvalue weighted by Crippen LogP contribution is -2.60. The van der Waals surface area contributed by atoms with E-state index in [4.69, 9.17) is 0 Å². The second kappa shape index (κ2) is 3.96. The molecule has 1 aliphatic rings. The largest absolute Gasteiger partial charge is 0.371 e. The van der Waals surface area contributed by atoms with Crippen molar-refractivity contribution in [2.24, 2.45) is 0 Å². The van der Waals surface area contributed by atoms with Crippen molar-refractivity contribution in [3.05, 3.63) is 0 Å². The summed E-state index contributed by atoms with van der Waals surface area (Å²) in [6, 6.07) is -0.500. The van der Waals surface area contributed by atoms with Crippen LogP contribution in [0, 0.1) is 0 Å². The standard InChI is InChI=1S/C9H16N2O3/c1-3-4-5-11-7(12)6-9(2,14)10-8(11)13/h14H,3-6H2,1-2H3,(H,10,13). The summed E-state index contributed by atoms with van der Waals surface area (Å²) in [4.78, 5) is 23.9. The summed E-state index contributed by atoms with van der Waals surface area (Å²) in [7, 11) is 0. The fourth-order valence-electron chi connectivity index (χ4n) is 1.39. The first-order valence-corrected chi connectivity index (χ1v) is 4.81. The third-order valence-corrected chi connectivity index (χ3v) is 2.15. The van der Waals surface area contributed by atoms with Gasteiger partial charge in [0.05, 0.1) is 6.42 Å². The van der Waals surface area contributed by atoms with Gasteiger partial charge in [-0.25, -0.2) is 4.79 Å². The quantitative estimate of drug-likeness (QED) is 0.694. The van der Waals surface area contributed by atoms with Gasteiger partial charge in [0.1, 0.15) is 5.72 Å². The summed E-state index contributed by atoms with van der Waals surface area (Å²) >= 11 is 0. The van der Waals surface area contributed by atoms with Crippen molar-refractivity contribution in [2.75, 3.05) is 6.54 Å². The van der Waals surface area contributed by atoms with Gasteiger partial charge in [0.25, 0.3) is 0 Å². The number of carbonyl (C=O) groups excluding carboxylic acids is 2. The molecule has 0 radical (unpaired) electrons. The van der Waals surface area contributed by atoms with E-state index in [0.29, 0.717) is 6.54 Å². The Kier molecular flexibility index (Phi) is 3.10. The van der Waals surface area contributed by atoms with Gasteiger partial charge in [-0.1, -0.05) is 13.3 Å². The average molecular weight is 200 g/mol. The first kappa shape index (κ1) is 11.0. The summed E-state index contributed by atoms with van der Waals surface area (Å²) in [5, 5.41) is 11.8. The third kappa shape index (κ3) is 2.45. The van der Waals surface area contributed by atoms with Crippen molar-refractivity contribution in [3.63, 3.8) is 0 Å². The number of amides is 3. The predicted molar refractivity (Wildman–Crippen MR) is 50.4 cm³/mol. The molecule has 1 rings (SSSR count). The van der Waals surface area contributed by atoms with Crippen LogP contribution in [0.1, 0.15) is 33.1 Å². The molecule has 0 saturated carbocycles. The average Bonchev–Trinajstić information content (AvgIpc) is 2.00. The number of nitrogens with zero attached hydrogens (tertiary/aromatic N) is 1. The smallest absolute Gasteiger partial charge is 0.326 e. The number of aliphatic hydroxyl groups is 1. The molecule has 0 aromatic heterocycles. The molecular weight excluding hydrogens is 184 g/mol. The van der Waals surface area contributed by atoms with Gasteiger partial charge >= 0.3 is 6.03 Å². The van der Waals surface area contributed by atoms with E-state index in [9.17, 15) is 14.7 Å². The van der Waals surface area contributed by atoms with Gasteiger partial charge < -0.3 is 10.4 Å². The van der Waals surface area contributed by atoms with E-state index in [1.165, 1.54) is 6.92 Å². The van der Waals surface area contributed by atoms with Crippen molar-refractivity contribution in [2.45, 2.75) is 38.8 Å². The Hall–Kier alpha value is -1.10. The summed E-state index contributed by atoms with van der Waals surface area (Å²) < 4.78 is 0. The van der Waals surface area contributed by atoms with Crippen LogP contribution in [0.4, 0.5) is 4.79 Å². The van der Waals surface area contributed by atoms with Crippen LogP contribution in [0.25, 0.3) is 0 Å². The highest BCUT2D eigenvalue weighted by Crippen LogP contribution is 2.15. The van der Waals surface area contributed by atoms with Gasteiger partial charge in [-0.3, -0.25) is 9.69 Å². The van der Waals surface area contributed by atoms with Crippen molar-refractivity contribution in [1.82, 2.24) is 10.2 Å². The summed E-state index contributed by atoms with van der Waals surface area (Å²) in [5.41, 5.74) is -1.39. The molecule has 2 N–H and O–H groups in total. The molecule has 0 bridgehead atoms. The normalized spacial score (nSPS) is 27.8. The van der Waals surface area contributed by atoms with Crippen molar-refractivity contribution >= 4 is 11.9 Å². The molecule has 0 aromatic rings. The van der Waals surface area contributed by atoms with Crippen LogP contribution in [0.5, 0.6) is 0 Å². The van der Waals surface area contributed by atoms with Crippen LogP contribution < -0.4 is 5.32 Å². The van der Waals surface area contributed by atoms with E-state index in [2.05, 4.69) is 5.32 Å². The summed E-state index contributed by atoms with van der Waals surface area (Å²) in [6.45, 7) is 3.83. The van der Waals surface area contributed by atoms with E-state index in [-0.39, 0.29) is 12.3 Å². The zero-order chi connectivity index (χ0) is 10.8. The van der Waals surface area contributed by atoms with Gasteiger partial charge in [0, 0.05) is 6.54 Å². The van der Waals surface area contributed by atoms with Gasteiger partial charge in [0.15, 0.2) is 0 Å². The second-order valence-corrected chi connectivity index (χ2v) is 3.78. The lowest BCUT2D eigenvalue weighted by atomic mass is 10.1. The minimum atomic E-state index is -1.39. The zero-order valence-electron chi connectivity index (χ0n) is 8.54. The number of hydrogen-bond donors (Lipinski definition) is 2. The van der Waals surface area contributed by atoms with Crippen LogP contribution in [0.2, 0.25) is 0 Å². The van der Waals surface area contributed by atoms with Gasteiger partial charge in [-0.2, -0.15) is 0 Å². The van der Waals surface area contributed by atoms with Crippen LogP contribution in [0.3, 0.4) is 0 Å². The fraction of sp³-hybridized carbons (Fsp3) is 0.778. The maximum atomic E-state index is 11.4. The monoisotopic (exact) mass is 200 g/mol. The molecule has 5 heteroatoms. The van der Waals surface area contributed by atoms with Crippen LogP contribution in [0.15, 0.2) is 0 Å². The lowest BCUT2D eigenvalue weighted by molar-refractivity contribution is -0.137. The maximum absolute atomic E-state index is 11.4. The van der Waals surface area contributed by atoms with E-state index < -0.39 is 11.8 Å². The number of nitrogens with one attached hydrogen (secondary N) is 1. The topological polar surface area (TPSA) is 69.6 Å². The zero-order valence-corrected chi connectivity index (χ0v) is 8.54. The number of hydrogen-bond acceptors (Lipinski definition) is 3. The van der Waals surface area contributed by atoms with Crippen molar-refractivity contribution < 1.29 is 14.7 Å². The molecule has 1 aliphatic heterocycles. The Balaban J connectivity index is 2.62. The molecule has 5 nitrogen and oxygen atoms in total. The molecule has 0 spiro atoms. The molecule has 3 amide bonds. The highest BCUT2D eigenvalue weighted by molar-refractivity contribution is 5.97. The molecule has 1 fully saturated rings. The molecule has 1 atom stereocenters. The fourth-order valence-corrected chi connectivity index (χ4v) is 1.39. The first-order chi connectivity index (χ1) is 6.46. The Morgan fingerprint density at radius 1 is 1.57 bits per heavy atom. The van der Waals surface area contributed by atoms with Crippen LogP contribution in [-0.4, -0.2) is 34.2 Å². The lowest BCUT2D eigenvalue weighted by Gasteiger charge is -2.34.